The van der Waals surface area contributed by atoms with Crippen LogP contribution in [0.5, 0.6) is 11.5 Å². The number of rotatable bonds is 9. The summed E-state index contributed by atoms with van der Waals surface area (Å²) in [5, 5.41) is 8.97. The number of ether oxygens (including phenoxy) is 2. The molecule has 4 rings (SSSR count). The van der Waals surface area contributed by atoms with E-state index in [2.05, 4.69) is 45.8 Å². The van der Waals surface area contributed by atoms with Crippen molar-refractivity contribution in [3.05, 3.63) is 52.0 Å². The van der Waals surface area contributed by atoms with Crippen LogP contribution in [0.3, 0.4) is 0 Å². The topological polar surface area (TPSA) is 134 Å². The van der Waals surface area contributed by atoms with E-state index in [1.54, 1.807) is 18.2 Å². The minimum Gasteiger partial charge on any atom is -0.494 e. The molecule has 0 aliphatic carbocycles. The predicted molar refractivity (Wildman–Crippen MR) is 141 cm³/mol. The number of halogens is 2. The van der Waals surface area contributed by atoms with Gasteiger partial charge >= 0.3 is 0 Å². The van der Waals surface area contributed by atoms with E-state index in [1.807, 2.05) is 12.3 Å². The lowest BCUT2D eigenvalue weighted by Gasteiger charge is -2.26. The molecule has 1 unspecified atom stereocenters. The van der Waals surface area contributed by atoms with Gasteiger partial charge in [-0.05, 0) is 48.8 Å². The maximum Gasteiger partial charge on any atom is 0.243 e. The molecule has 3 aromatic heterocycles. The predicted octanol–water partition coefficient (Wildman–Crippen LogP) is 4.28. The zero-order valence-corrected chi connectivity index (χ0v) is 23.6. The van der Waals surface area contributed by atoms with Crippen molar-refractivity contribution in [2.45, 2.75) is 31.7 Å². The Hall–Kier alpha value is -3.17. The summed E-state index contributed by atoms with van der Waals surface area (Å²) in [6, 6.07) is 5.08. The number of methoxy groups -OCH3 is 2. The Bertz CT molecular complexity index is 1500. The Balaban J connectivity index is 1.84. The fourth-order valence-corrected chi connectivity index (χ4v) is 5.69. The van der Waals surface area contributed by atoms with Gasteiger partial charge in [0.1, 0.15) is 22.4 Å². The summed E-state index contributed by atoms with van der Waals surface area (Å²) in [6.45, 7) is 4.16. The minimum absolute atomic E-state index is 0.204. The van der Waals surface area contributed by atoms with Crippen molar-refractivity contribution in [1.82, 2.24) is 29.7 Å². The zero-order valence-electron chi connectivity index (χ0n) is 20.4. The van der Waals surface area contributed by atoms with Crippen molar-refractivity contribution in [2.75, 3.05) is 18.9 Å². The van der Waals surface area contributed by atoms with Gasteiger partial charge < -0.3 is 9.47 Å². The highest BCUT2D eigenvalue weighted by Crippen LogP contribution is 2.39. The van der Waals surface area contributed by atoms with Crippen LogP contribution in [-0.2, 0) is 15.7 Å². The summed E-state index contributed by atoms with van der Waals surface area (Å²) >= 11 is 4.49. The highest BCUT2D eigenvalue weighted by Gasteiger charge is 2.45. The lowest BCUT2D eigenvalue weighted by molar-refractivity contribution is 0.175. The summed E-state index contributed by atoms with van der Waals surface area (Å²) in [4.78, 5) is 12.4. The molecule has 37 heavy (non-hydrogen) atoms. The van der Waals surface area contributed by atoms with E-state index in [1.165, 1.54) is 49.4 Å². The number of aryl methyl sites for hydroxylation is 1. The molecular formula is C22H23BrFN7O4S2. The summed E-state index contributed by atoms with van der Waals surface area (Å²) in [5.74, 6) is 0.484. The highest BCUT2D eigenvalue weighted by molar-refractivity contribution is 9.10. The molecule has 0 aliphatic heterocycles. The number of thiazole rings is 1. The van der Waals surface area contributed by atoms with Crippen molar-refractivity contribution in [3.8, 4) is 28.0 Å². The van der Waals surface area contributed by atoms with Crippen LogP contribution < -0.4 is 14.2 Å². The fourth-order valence-electron chi connectivity index (χ4n) is 3.46. The molecule has 0 fully saturated rings. The molecule has 196 valence electrons. The molecule has 0 spiro atoms. The van der Waals surface area contributed by atoms with Crippen LogP contribution in [0.2, 0.25) is 0 Å². The SMILES string of the molecule is COc1cccc(OC)c1-n1c(NS(=O)(=O)[C@H](C)C(C)(F)c2ncc(Br)cn2)nnc1-c1nc(C)cs1. The Morgan fingerprint density at radius 1 is 1.16 bits per heavy atom. The third-order valence-electron chi connectivity index (χ3n) is 5.62. The summed E-state index contributed by atoms with van der Waals surface area (Å²) in [6.07, 6.45) is 2.69. The average molecular weight is 613 g/mol. The maximum atomic E-state index is 15.8. The molecule has 1 N–H and O–H groups in total. The number of hydrogen-bond donors (Lipinski definition) is 1. The largest absolute Gasteiger partial charge is 0.494 e. The second kappa shape index (κ2) is 10.3. The van der Waals surface area contributed by atoms with Crippen molar-refractivity contribution in [2.24, 2.45) is 0 Å². The quantitative estimate of drug-likeness (QED) is 0.294. The molecule has 0 radical (unpaired) electrons. The molecule has 4 aromatic rings. The number of aromatic nitrogens is 6. The second-order valence-electron chi connectivity index (χ2n) is 8.08. The third-order valence-corrected chi connectivity index (χ3v) is 8.82. The highest BCUT2D eigenvalue weighted by atomic mass is 79.9. The van der Waals surface area contributed by atoms with Crippen LogP contribution in [0.4, 0.5) is 10.3 Å². The van der Waals surface area contributed by atoms with Gasteiger partial charge in [-0.3, -0.25) is 9.29 Å². The van der Waals surface area contributed by atoms with E-state index < -0.39 is 20.9 Å². The standard InChI is InChI=1S/C22H23BrFN7O4S2/c1-12-11-36-19(27-12)18-28-29-21(31(18)17-15(34-4)7-6-8-16(17)35-5)30-37(32,33)13(2)22(3,24)20-25-9-14(23)10-26-20/h6-11,13H,1-5H3,(H,29,30)/t13-,22?/m1/s1. The molecule has 11 nitrogen and oxygen atoms in total. The van der Waals surface area contributed by atoms with Crippen molar-refractivity contribution in [3.63, 3.8) is 0 Å². The van der Waals surface area contributed by atoms with Crippen LogP contribution in [-0.4, -0.2) is 57.6 Å². The smallest absolute Gasteiger partial charge is 0.243 e. The van der Waals surface area contributed by atoms with Crippen LogP contribution in [0.15, 0.2) is 40.4 Å². The molecule has 0 amide bonds. The molecular weight excluding hydrogens is 589 g/mol. The van der Waals surface area contributed by atoms with E-state index in [0.29, 0.717) is 26.7 Å². The Morgan fingerprint density at radius 3 is 2.32 bits per heavy atom. The molecule has 1 aromatic carbocycles. The molecule has 2 atom stereocenters. The number of hydrogen-bond acceptors (Lipinski definition) is 10. The average Bonchev–Trinajstić information content (AvgIpc) is 3.48. The number of alkyl halides is 1. The van der Waals surface area contributed by atoms with Crippen molar-refractivity contribution in [1.29, 1.82) is 0 Å². The Kier molecular flexibility index (Phi) is 7.48. The summed E-state index contributed by atoms with van der Waals surface area (Å²) in [7, 11) is -1.47. The Labute approximate surface area is 225 Å². The molecule has 0 aliphatic rings. The molecule has 0 bridgehead atoms. The first kappa shape index (κ1) is 26.9. The fraction of sp³-hybridized carbons (Fsp3) is 0.318. The maximum absolute atomic E-state index is 15.8. The van der Waals surface area contributed by atoms with Crippen LogP contribution in [0.1, 0.15) is 25.4 Å². The van der Waals surface area contributed by atoms with Gasteiger partial charge in [-0.1, -0.05) is 6.07 Å². The molecule has 0 saturated carbocycles. The summed E-state index contributed by atoms with van der Waals surface area (Å²) < 4.78 is 58.2. The lowest BCUT2D eigenvalue weighted by atomic mass is 10.0. The zero-order chi connectivity index (χ0) is 27.0. The van der Waals surface area contributed by atoms with Gasteiger partial charge in [0, 0.05) is 23.5 Å². The Morgan fingerprint density at radius 2 is 1.78 bits per heavy atom. The van der Waals surface area contributed by atoms with E-state index in [4.69, 9.17) is 9.47 Å². The lowest BCUT2D eigenvalue weighted by Crippen LogP contribution is -2.41. The van der Waals surface area contributed by atoms with Gasteiger partial charge in [-0.2, -0.15) is 0 Å². The number of nitrogens with zero attached hydrogens (tertiary/aromatic N) is 6. The first-order valence-electron chi connectivity index (χ1n) is 10.8. The van der Waals surface area contributed by atoms with E-state index in [0.717, 1.165) is 12.6 Å². The van der Waals surface area contributed by atoms with Gasteiger partial charge in [-0.25, -0.2) is 27.8 Å². The number of para-hydroxylation sites is 1. The summed E-state index contributed by atoms with van der Waals surface area (Å²) in [5.41, 5.74) is -1.35. The number of anilines is 1. The van der Waals surface area contributed by atoms with Crippen LogP contribution >= 0.6 is 27.3 Å². The van der Waals surface area contributed by atoms with Crippen LogP contribution in [0, 0.1) is 6.92 Å². The number of nitrogens with one attached hydrogen (secondary N) is 1. The van der Waals surface area contributed by atoms with Crippen molar-refractivity contribution >= 4 is 43.2 Å². The van der Waals surface area contributed by atoms with E-state index in [9.17, 15) is 8.42 Å². The monoisotopic (exact) mass is 611 g/mol. The second-order valence-corrected chi connectivity index (χ2v) is 11.9. The third kappa shape index (κ3) is 5.15. The van der Waals surface area contributed by atoms with E-state index >= 15 is 4.39 Å². The first-order valence-corrected chi connectivity index (χ1v) is 14.0. The van der Waals surface area contributed by atoms with Gasteiger partial charge in [0.05, 0.1) is 18.7 Å². The van der Waals surface area contributed by atoms with Crippen molar-refractivity contribution < 1.29 is 22.3 Å². The van der Waals surface area contributed by atoms with E-state index in [-0.39, 0.29) is 17.6 Å². The van der Waals surface area contributed by atoms with Crippen LogP contribution in [0.25, 0.3) is 16.5 Å². The first-order chi connectivity index (χ1) is 17.5. The number of sulfonamides is 1. The molecule has 3 heterocycles. The normalized spacial score (nSPS) is 14.1. The van der Waals surface area contributed by atoms with Gasteiger partial charge in [0.2, 0.25) is 16.0 Å². The van der Waals surface area contributed by atoms with Gasteiger partial charge in [0.25, 0.3) is 0 Å². The van der Waals surface area contributed by atoms with Gasteiger partial charge in [-0.15, -0.1) is 21.5 Å². The van der Waals surface area contributed by atoms with Gasteiger partial charge in [0.15, 0.2) is 22.3 Å². The molecule has 0 saturated heterocycles. The minimum atomic E-state index is -4.40. The number of benzene rings is 1. The molecule has 15 heteroatoms.